The van der Waals surface area contributed by atoms with E-state index in [1.54, 1.807) is 12.1 Å². The lowest BCUT2D eigenvalue weighted by atomic mass is 10.1. The number of amides is 1. The number of hydrogen-bond donors (Lipinski definition) is 0. The molecule has 0 aliphatic carbocycles. The van der Waals surface area contributed by atoms with Crippen molar-refractivity contribution in [2.75, 3.05) is 6.54 Å². The Balaban J connectivity index is 1.70. The van der Waals surface area contributed by atoms with Crippen LogP contribution in [0.15, 0.2) is 53.9 Å². The van der Waals surface area contributed by atoms with E-state index in [9.17, 15) is 4.79 Å². The molecule has 0 spiro atoms. The molecule has 0 saturated heterocycles. The van der Waals surface area contributed by atoms with Crippen molar-refractivity contribution in [3.05, 3.63) is 75.8 Å². The summed E-state index contributed by atoms with van der Waals surface area (Å²) in [6.45, 7) is 3.26. The van der Waals surface area contributed by atoms with E-state index >= 15 is 0 Å². The van der Waals surface area contributed by atoms with Crippen molar-refractivity contribution in [2.24, 2.45) is 0 Å². The molecule has 0 N–H and O–H groups in total. The molecule has 1 aromatic heterocycles. The molecule has 0 aliphatic heterocycles. The normalized spacial score (nSPS) is 10.5. The van der Waals surface area contributed by atoms with Crippen LogP contribution < -0.4 is 0 Å². The molecule has 1 amide bonds. The Morgan fingerprint density at radius 2 is 1.96 bits per heavy atom. The summed E-state index contributed by atoms with van der Waals surface area (Å²) >= 11 is 7.74. The van der Waals surface area contributed by atoms with Gasteiger partial charge in [0.15, 0.2) is 0 Å². The van der Waals surface area contributed by atoms with Crippen molar-refractivity contribution in [1.29, 1.82) is 5.26 Å². The van der Waals surface area contributed by atoms with Crippen LogP contribution in [0.1, 0.15) is 30.2 Å². The zero-order chi connectivity index (χ0) is 19.9. The Morgan fingerprint density at radius 1 is 1.21 bits per heavy atom. The summed E-state index contributed by atoms with van der Waals surface area (Å²) in [5.41, 5.74) is 3.27. The molecule has 0 atom stereocenters. The van der Waals surface area contributed by atoms with Crippen LogP contribution in [-0.4, -0.2) is 22.3 Å². The molecule has 3 rings (SSSR count). The summed E-state index contributed by atoms with van der Waals surface area (Å²) in [4.78, 5) is 19.3. The Hall–Kier alpha value is -2.68. The maximum Gasteiger partial charge on any atom is 0.228 e. The summed E-state index contributed by atoms with van der Waals surface area (Å²) in [7, 11) is 0. The maximum atomic E-state index is 12.9. The number of thiazole rings is 1. The highest BCUT2D eigenvalue weighted by atomic mass is 35.5. The molecule has 0 bridgehead atoms. The van der Waals surface area contributed by atoms with Crippen LogP contribution in [0.25, 0.3) is 10.6 Å². The smallest absolute Gasteiger partial charge is 0.228 e. The van der Waals surface area contributed by atoms with E-state index < -0.39 is 0 Å². The second-order valence-corrected chi connectivity index (χ2v) is 7.69. The van der Waals surface area contributed by atoms with E-state index in [0.29, 0.717) is 23.7 Å². The van der Waals surface area contributed by atoms with Gasteiger partial charge in [0, 0.05) is 24.0 Å². The van der Waals surface area contributed by atoms with Gasteiger partial charge < -0.3 is 4.90 Å². The van der Waals surface area contributed by atoms with Gasteiger partial charge in [0.1, 0.15) is 5.01 Å². The number of halogens is 1. The van der Waals surface area contributed by atoms with Crippen molar-refractivity contribution in [3.8, 4) is 16.6 Å². The fourth-order valence-corrected chi connectivity index (χ4v) is 4.02. The van der Waals surface area contributed by atoms with Gasteiger partial charge in [-0.1, -0.05) is 48.9 Å². The fraction of sp³-hybridized carbons (Fsp3) is 0.227. The minimum absolute atomic E-state index is 0.0437. The predicted molar refractivity (Wildman–Crippen MR) is 113 cm³/mol. The van der Waals surface area contributed by atoms with Crippen molar-refractivity contribution in [1.82, 2.24) is 9.88 Å². The lowest BCUT2D eigenvalue weighted by Crippen LogP contribution is -2.32. The molecular weight excluding hydrogens is 390 g/mol. The summed E-state index contributed by atoms with van der Waals surface area (Å²) in [6, 6.07) is 17.0. The van der Waals surface area contributed by atoms with Gasteiger partial charge in [-0.3, -0.25) is 4.79 Å². The lowest BCUT2D eigenvalue weighted by molar-refractivity contribution is -0.131. The Kier molecular flexibility index (Phi) is 6.80. The van der Waals surface area contributed by atoms with Crippen molar-refractivity contribution >= 4 is 28.8 Å². The molecule has 4 nitrogen and oxygen atoms in total. The Morgan fingerprint density at radius 3 is 2.64 bits per heavy atom. The van der Waals surface area contributed by atoms with Crippen LogP contribution in [0.5, 0.6) is 0 Å². The predicted octanol–water partition coefficient (Wildman–Crippen LogP) is 5.32. The SMILES string of the molecule is CCCN(Cc1ccc(C#N)cc1)C(=O)Cc1csc(-c2ccccc2Cl)n1. The number of benzene rings is 2. The minimum atomic E-state index is 0.0437. The molecule has 0 fully saturated rings. The zero-order valence-corrected chi connectivity index (χ0v) is 17.1. The molecule has 28 heavy (non-hydrogen) atoms. The first-order valence-corrected chi connectivity index (χ1v) is 10.3. The van der Waals surface area contributed by atoms with E-state index in [1.807, 2.05) is 46.7 Å². The average molecular weight is 410 g/mol. The average Bonchev–Trinajstić information content (AvgIpc) is 3.16. The molecule has 142 valence electrons. The van der Waals surface area contributed by atoms with E-state index in [1.165, 1.54) is 11.3 Å². The van der Waals surface area contributed by atoms with Crippen LogP contribution in [-0.2, 0) is 17.8 Å². The van der Waals surface area contributed by atoms with Gasteiger partial charge in [0.05, 0.1) is 28.8 Å². The first kappa shape index (κ1) is 20.1. The van der Waals surface area contributed by atoms with Crippen LogP contribution in [0.2, 0.25) is 5.02 Å². The zero-order valence-electron chi connectivity index (χ0n) is 15.6. The summed E-state index contributed by atoms with van der Waals surface area (Å²) < 4.78 is 0. The quantitative estimate of drug-likeness (QED) is 0.530. The second-order valence-electron chi connectivity index (χ2n) is 6.42. The van der Waals surface area contributed by atoms with Gasteiger partial charge in [-0.15, -0.1) is 11.3 Å². The molecule has 1 heterocycles. The van der Waals surface area contributed by atoms with Crippen LogP contribution >= 0.6 is 22.9 Å². The highest BCUT2D eigenvalue weighted by molar-refractivity contribution is 7.13. The van der Waals surface area contributed by atoms with Crippen LogP contribution in [0.4, 0.5) is 0 Å². The number of aromatic nitrogens is 1. The van der Waals surface area contributed by atoms with Gasteiger partial charge in [-0.25, -0.2) is 4.98 Å². The number of rotatable bonds is 7. The van der Waals surface area contributed by atoms with Gasteiger partial charge in [0.2, 0.25) is 5.91 Å². The van der Waals surface area contributed by atoms with Crippen molar-refractivity contribution < 1.29 is 4.79 Å². The van der Waals surface area contributed by atoms with E-state index in [0.717, 1.165) is 28.2 Å². The van der Waals surface area contributed by atoms with Gasteiger partial charge in [0.25, 0.3) is 0 Å². The summed E-state index contributed by atoms with van der Waals surface area (Å²) in [5, 5.41) is 12.3. The first-order chi connectivity index (χ1) is 13.6. The summed E-state index contributed by atoms with van der Waals surface area (Å²) in [5.74, 6) is 0.0437. The Labute approximate surface area is 174 Å². The number of nitrogens with zero attached hydrogens (tertiary/aromatic N) is 3. The van der Waals surface area contributed by atoms with Gasteiger partial charge in [-0.2, -0.15) is 5.26 Å². The van der Waals surface area contributed by atoms with E-state index in [2.05, 4.69) is 18.0 Å². The molecule has 2 aromatic carbocycles. The second kappa shape index (κ2) is 9.50. The highest BCUT2D eigenvalue weighted by Gasteiger charge is 2.16. The van der Waals surface area contributed by atoms with Crippen molar-refractivity contribution in [2.45, 2.75) is 26.3 Å². The molecule has 0 aliphatic rings. The first-order valence-electron chi connectivity index (χ1n) is 9.06. The fourth-order valence-electron chi connectivity index (χ4n) is 2.88. The number of carbonyl (C=O) groups excluding carboxylic acids is 1. The number of carbonyl (C=O) groups is 1. The third-order valence-electron chi connectivity index (χ3n) is 4.29. The highest BCUT2D eigenvalue weighted by Crippen LogP contribution is 2.30. The number of hydrogen-bond acceptors (Lipinski definition) is 4. The van der Waals surface area contributed by atoms with Crippen molar-refractivity contribution in [3.63, 3.8) is 0 Å². The molecule has 0 saturated carbocycles. The van der Waals surface area contributed by atoms with Gasteiger partial charge >= 0.3 is 0 Å². The number of nitriles is 1. The van der Waals surface area contributed by atoms with Gasteiger partial charge in [-0.05, 0) is 30.2 Å². The topological polar surface area (TPSA) is 57.0 Å². The minimum Gasteiger partial charge on any atom is -0.338 e. The summed E-state index contributed by atoms with van der Waals surface area (Å²) in [6.07, 6.45) is 1.14. The molecule has 0 radical (unpaired) electrons. The molecular formula is C22H20ClN3OS. The largest absolute Gasteiger partial charge is 0.338 e. The van der Waals surface area contributed by atoms with Crippen LogP contribution in [0, 0.1) is 11.3 Å². The maximum absolute atomic E-state index is 12.9. The molecule has 3 aromatic rings. The van der Waals surface area contributed by atoms with E-state index in [4.69, 9.17) is 16.9 Å². The standard InChI is InChI=1S/C22H20ClN3OS/c1-2-11-26(14-17-9-7-16(13-24)8-10-17)21(27)12-18-15-28-22(25-18)19-5-3-4-6-20(19)23/h3-10,15H,2,11-12,14H2,1H3. The lowest BCUT2D eigenvalue weighted by Gasteiger charge is -2.22. The van der Waals surface area contributed by atoms with E-state index in [-0.39, 0.29) is 12.3 Å². The monoisotopic (exact) mass is 409 g/mol. The third-order valence-corrected chi connectivity index (χ3v) is 5.55. The molecule has 0 unspecified atom stereocenters. The third kappa shape index (κ3) is 4.98. The Bertz CT molecular complexity index is 992. The molecule has 6 heteroatoms. The van der Waals surface area contributed by atoms with Crippen LogP contribution in [0.3, 0.4) is 0 Å².